The molecule has 0 N–H and O–H groups in total. The molecule has 0 bridgehead atoms. The zero-order valence-electron chi connectivity index (χ0n) is 10.3. The molecule has 1 aromatic heterocycles. The highest BCUT2D eigenvalue weighted by molar-refractivity contribution is 6.42. The van der Waals surface area contributed by atoms with Gasteiger partial charge in [-0.3, -0.25) is 4.79 Å². The van der Waals surface area contributed by atoms with Crippen molar-refractivity contribution < 1.29 is 4.79 Å². The van der Waals surface area contributed by atoms with Gasteiger partial charge in [0.25, 0.3) is 0 Å². The smallest absolute Gasteiger partial charge is 0.164 e. The Morgan fingerprint density at radius 1 is 1.16 bits per heavy atom. The Balaban J connectivity index is 1.92. The number of hydrogen-bond acceptors (Lipinski definition) is 1. The molecule has 1 aromatic carbocycles. The fourth-order valence-corrected chi connectivity index (χ4v) is 2.92. The SMILES string of the molecule is O=C1CCCc2cn(Cc3cccc(Cl)c3Cl)cc21. The van der Waals surface area contributed by atoms with Crippen molar-refractivity contribution in [1.82, 2.24) is 4.57 Å². The molecule has 0 saturated carbocycles. The van der Waals surface area contributed by atoms with Crippen LogP contribution in [0.15, 0.2) is 30.6 Å². The van der Waals surface area contributed by atoms with Crippen LogP contribution in [-0.2, 0) is 13.0 Å². The first kappa shape index (κ1) is 12.8. The van der Waals surface area contributed by atoms with Crippen molar-refractivity contribution in [3.05, 3.63) is 57.3 Å². The summed E-state index contributed by atoms with van der Waals surface area (Å²) in [5, 5.41) is 1.15. The predicted molar refractivity (Wildman–Crippen MR) is 77.3 cm³/mol. The van der Waals surface area contributed by atoms with Gasteiger partial charge in [-0.2, -0.15) is 0 Å². The molecule has 0 aliphatic heterocycles. The maximum absolute atomic E-state index is 11.8. The summed E-state index contributed by atoms with van der Waals surface area (Å²) in [7, 11) is 0. The van der Waals surface area contributed by atoms with E-state index in [1.54, 1.807) is 6.07 Å². The first-order valence-corrected chi connectivity index (χ1v) is 7.05. The number of benzene rings is 1. The highest BCUT2D eigenvalue weighted by Crippen LogP contribution is 2.27. The highest BCUT2D eigenvalue weighted by Gasteiger charge is 2.19. The van der Waals surface area contributed by atoms with Gasteiger partial charge in [0.15, 0.2) is 5.78 Å². The Morgan fingerprint density at radius 3 is 2.79 bits per heavy atom. The molecule has 4 heteroatoms. The van der Waals surface area contributed by atoms with Crippen molar-refractivity contribution in [2.45, 2.75) is 25.8 Å². The molecule has 19 heavy (non-hydrogen) atoms. The molecule has 0 fully saturated rings. The lowest BCUT2D eigenvalue weighted by atomic mass is 9.95. The van der Waals surface area contributed by atoms with Crippen molar-refractivity contribution in [3.63, 3.8) is 0 Å². The Bertz CT molecular complexity index is 646. The number of ketones is 1. The van der Waals surface area contributed by atoms with E-state index in [0.717, 1.165) is 29.5 Å². The number of fused-ring (bicyclic) bond motifs is 1. The van der Waals surface area contributed by atoms with E-state index in [1.165, 1.54) is 0 Å². The van der Waals surface area contributed by atoms with Crippen molar-refractivity contribution >= 4 is 29.0 Å². The molecule has 0 saturated heterocycles. The average molecular weight is 294 g/mol. The molecule has 98 valence electrons. The van der Waals surface area contributed by atoms with Gasteiger partial charge in [0, 0.05) is 30.9 Å². The number of aromatic nitrogens is 1. The van der Waals surface area contributed by atoms with Gasteiger partial charge < -0.3 is 4.57 Å². The standard InChI is InChI=1S/C15H13Cl2NO/c16-13-5-1-4-11(15(13)17)8-18-7-10-3-2-6-14(19)12(10)9-18/h1,4-5,7,9H,2-3,6,8H2. The van der Waals surface area contributed by atoms with Crippen LogP contribution in [0.5, 0.6) is 0 Å². The summed E-state index contributed by atoms with van der Waals surface area (Å²) in [4.78, 5) is 11.8. The van der Waals surface area contributed by atoms with Gasteiger partial charge in [-0.25, -0.2) is 0 Å². The van der Waals surface area contributed by atoms with E-state index in [4.69, 9.17) is 23.2 Å². The molecular weight excluding hydrogens is 281 g/mol. The number of nitrogens with zero attached hydrogens (tertiary/aromatic N) is 1. The zero-order valence-corrected chi connectivity index (χ0v) is 11.8. The van der Waals surface area contributed by atoms with Crippen molar-refractivity contribution in [3.8, 4) is 0 Å². The summed E-state index contributed by atoms with van der Waals surface area (Å²) in [6.07, 6.45) is 6.57. The van der Waals surface area contributed by atoms with E-state index < -0.39 is 0 Å². The topological polar surface area (TPSA) is 22.0 Å². The van der Waals surface area contributed by atoms with Gasteiger partial charge in [0.05, 0.1) is 10.0 Å². The Morgan fingerprint density at radius 2 is 2.00 bits per heavy atom. The maximum atomic E-state index is 11.8. The molecule has 2 aromatic rings. The molecule has 0 amide bonds. The number of carbonyl (C=O) groups excluding carboxylic acids is 1. The third kappa shape index (κ3) is 2.43. The van der Waals surface area contributed by atoms with E-state index in [1.807, 2.05) is 29.1 Å². The summed E-state index contributed by atoms with van der Waals surface area (Å²) in [6.45, 7) is 0.639. The second kappa shape index (κ2) is 5.03. The summed E-state index contributed by atoms with van der Waals surface area (Å²) >= 11 is 12.2. The molecule has 0 radical (unpaired) electrons. The molecule has 1 aliphatic rings. The van der Waals surface area contributed by atoms with Gasteiger partial charge in [-0.15, -0.1) is 0 Å². The lowest BCUT2D eigenvalue weighted by Crippen LogP contribution is -2.07. The number of carbonyl (C=O) groups is 1. The first-order chi connectivity index (χ1) is 9.15. The minimum atomic E-state index is 0.247. The summed E-state index contributed by atoms with van der Waals surface area (Å²) < 4.78 is 2.02. The van der Waals surface area contributed by atoms with Gasteiger partial charge in [0.2, 0.25) is 0 Å². The first-order valence-electron chi connectivity index (χ1n) is 6.30. The number of halogens is 2. The van der Waals surface area contributed by atoms with Gasteiger partial charge in [0.1, 0.15) is 0 Å². The molecule has 2 nitrogen and oxygen atoms in total. The second-order valence-corrected chi connectivity index (χ2v) is 5.64. The minimum Gasteiger partial charge on any atom is -0.349 e. The van der Waals surface area contributed by atoms with Crippen molar-refractivity contribution in [2.75, 3.05) is 0 Å². The molecule has 1 heterocycles. The monoisotopic (exact) mass is 293 g/mol. The van der Waals surface area contributed by atoms with Crippen molar-refractivity contribution in [1.29, 1.82) is 0 Å². The van der Waals surface area contributed by atoms with E-state index >= 15 is 0 Å². The van der Waals surface area contributed by atoms with E-state index in [9.17, 15) is 4.79 Å². The van der Waals surface area contributed by atoms with Crippen LogP contribution >= 0.6 is 23.2 Å². The van der Waals surface area contributed by atoms with Crippen LogP contribution in [0.3, 0.4) is 0 Å². The molecule has 0 unspecified atom stereocenters. The second-order valence-electron chi connectivity index (χ2n) is 4.86. The van der Waals surface area contributed by atoms with Gasteiger partial charge >= 0.3 is 0 Å². The van der Waals surface area contributed by atoms with Crippen LogP contribution in [0.2, 0.25) is 10.0 Å². The number of aryl methyl sites for hydroxylation is 1. The normalized spacial score (nSPS) is 14.5. The molecule has 0 spiro atoms. The van der Waals surface area contributed by atoms with Crippen LogP contribution in [0.4, 0.5) is 0 Å². The molecule has 0 atom stereocenters. The Kier molecular flexibility index (Phi) is 3.38. The van der Waals surface area contributed by atoms with E-state index in [2.05, 4.69) is 0 Å². The minimum absolute atomic E-state index is 0.247. The summed E-state index contributed by atoms with van der Waals surface area (Å²) in [5.41, 5.74) is 2.98. The van der Waals surface area contributed by atoms with E-state index in [0.29, 0.717) is 23.0 Å². The quantitative estimate of drug-likeness (QED) is 0.806. The summed E-state index contributed by atoms with van der Waals surface area (Å²) in [5.74, 6) is 0.247. The predicted octanol–water partition coefficient (Wildman–Crippen LogP) is 4.36. The Hall–Kier alpha value is -1.25. The lowest BCUT2D eigenvalue weighted by molar-refractivity contribution is 0.0973. The molecule has 3 rings (SSSR count). The van der Waals surface area contributed by atoms with E-state index in [-0.39, 0.29) is 5.78 Å². The average Bonchev–Trinajstić information content (AvgIpc) is 2.79. The van der Waals surface area contributed by atoms with Crippen LogP contribution < -0.4 is 0 Å². The third-order valence-electron chi connectivity index (χ3n) is 3.50. The van der Waals surface area contributed by atoms with Gasteiger partial charge in [-0.1, -0.05) is 35.3 Å². The summed E-state index contributed by atoms with van der Waals surface area (Å²) in [6, 6.07) is 5.62. The third-order valence-corrected chi connectivity index (χ3v) is 4.36. The Labute approximate surface area is 121 Å². The van der Waals surface area contributed by atoms with Crippen LogP contribution in [0, 0.1) is 0 Å². The van der Waals surface area contributed by atoms with Crippen LogP contribution in [0.25, 0.3) is 0 Å². The fraction of sp³-hybridized carbons (Fsp3) is 0.267. The van der Waals surface area contributed by atoms with Gasteiger partial charge in [-0.05, 0) is 30.0 Å². The zero-order chi connectivity index (χ0) is 13.4. The highest BCUT2D eigenvalue weighted by atomic mass is 35.5. The number of rotatable bonds is 2. The molecular formula is C15H13Cl2NO. The van der Waals surface area contributed by atoms with Crippen LogP contribution in [0.1, 0.15) is 34.3 Å². The maximum Gasteiger partial charge on any atom is 0.164 e. The number of Topliss-reactive ketones (excluding diaryl/α,β-unsaturated/α-hetero) is 1. The lowest BCUT2D eigenvalue weighted by Gasteiger charge is -2.07. The fourth-order valence-electron chi connectivity index (χ4n) is 2.54. The van der Waals surface area contributed by atoms with Crippen LogP contribution in [-0.4, -0.2) is 10.4 Å². The molecule has 1 aliphatic carbocycles. The largest absolute Gasteiger partial charge is 0.349 e. The number of hydrogen-bond donors (Lipinski definition) is 0. The van der Waals surface area contributed by atoms with Crippen molar-refractivity contribution in [2.24, 2.45) is 0 Å².